The molecule has 1 aliphatic rings. The molecular weight excluding hydrogens is 276 g/mol. The van der Waals surface area contributed by atoms with Crippen molar-refractivity contribution in [1.82, 2.24) is 19.7 Å². The van der Waals surface area contributed by atoms with Gasteiger partial charge in [-0.25, -0.2) is 14.7 Å². The molecule has 0 amide bonds. The lowest BCUT2D eigenvalue weighted by Gasteiger charge is -2.30. The molecule has 1 saturated heterocycles. The van der Waals surface area contributed by atoms with E-state index in [0.29, 0.717) is 12.5 Å². The van der Waals surface area contributed by atoms with E-state index in [1.165, 1.54) is 12.8 Å². The summed E-state index contributed by atoms with van der Waals surface area (Å²) in [4.78, 5) is 10.9. The van der Waals surface area contributed by atoms with E-state index in [4.69, 9.17) is 5.73 Å². The van der Waals surface area contributed by atoms with Crippen LogP contribution in [0.5, 0.6) is 0 Å². The first-order chi connectivity index (χ1) is 10.7. The molecule has 0 atom stereocenters. The normalized spacial score (nSPS) is 17.0. The van der Waals surface area contributed by atoms with Gasteiger partial charge >= 0.3 is 0 Å². The number of benzene rings is 1. The van der Waals surface area contributed by atoms with E-state index in [0.717, 1.165) is 30.5 Å². The summed E-state index contributed by atoms with van der Waals surface area (Å²) in [7, 11) is 0. The predicted molar refractivity (Wildman–Crippen MR) is 86.7 cm³/mol. The number of aliphatic imine (C=N–C) groups is 1. The number of piperidine rings is 1. The van der Waals surface area contributed by atoms with Crippen LogP contribution in [0.25, 0.3) is 5.69 Å². The highest BCUT2D eigenvalue weighted by Gasteiger charge is 2.17. The van der Waals surface area contributed by atoms with Gasteiger partial charge in [-0.05, 0) is 30.9 Å². The number of rotatable bonds is 3. The van der Waals surface area contributed by atoms with E-state index in [1.807, 2.05) is 30.3 Å². The van der Waals surface area contributed by atoms with Gasteiger partial charge in [0, 0.05) is 13.1 Å². The minimum absolute atomic E-state index is 0.437. The van der Waals surface area contributed by atoms with Crippen LogP contribution in [0.15, 0.2) is 41.7 Å². The van der Waals surface area contributed by atoms with Crippen molar-refractivity contribution in [3.8, 4) is 5.69 Å². The maximum atomic E-state index is 6.12. The summed E-state index contributed by atoms with van der Waals surface area (Å²) in [5.74, 6) is 2.18. The lowest BCUT2D eigenvalue weighted by molar-refractivity contribution is 0.277. The summed E-state index contributed by atoms with van der Waals surface area (Å²) in [5, 5.41) is 4.27. The first-order valence-electron chi connectivity index (χ1n) is 7.73. The average molecular weight is 298 g/mol. The molecule has 0 spiro atoms. The van der Waals surface area contributed by atoms with Crippen LogP contribution in [0.4, 0.5) is 0 Å². The molecule has 2 aromatic rings. The molecule has 1 aromatic heterocycles. The van der Waals surface area contributed by atoms with Gasteiger partial charge in [0.05, 0.1) is 5.69 Å². The Bertz CT molecular complexity index is 625. The molecule has 2 N–H and O–H groups in total. The minimum Gasteiger partial charge on any atom is -0.370 e. The van der Waals surface area contributed by atoms with E-state index in [1.54, 1.807) is 11.0 Å². The zero-order valence-corrected chi connectivity index (χ0v) is 12.9. The van der Waals surface area contributed by atoms with E-state index in [-0.39, 0.29) is 0 Å². The second kappa shape index (κ2) is 6.60. The molecule has 3 rings (SSSR count). The third-order valence-electron chi connectivity index (χ3n) is 4.11. The maximum absolute atomic E-state index is 6.12. The van der Waals surface area contributed by atoms with Crippen LogP contribution >= 0.6 is 0 Å². The van der Waals surface area contributed by atoms with Crippen LogP contribution in [0.3, 0.4) is 0 Å². The highest BCUT2D eigenvalue weighted by Crippen LogP contribution is 2.15. The molecule has 116 valence electrons. The number of nitrogens with zero attached hydrogens (tertiary/aromatic N) is 5. The van der Waals surface area contributed by atoms with Gasteiger partial charge in [-0.15, -0.1) is 0 Å². The molecule has 0 bridgehead atoms. The Labute approximate surface area is 130 Å². The van der Waals surface area contributed by atoms with Gasteiger partial charge in [-0.2, -0.15) is 5.10 Å². The van der Waals surface area contributed by atoms with Crippen molar-refractivity contribution in [2.75, 3.05) is 13.1 Å². The monoisotopic (exact) mass is 298 g/mol. The smallest absolute Gasteiger partial charge is 0.191 e. The Hall–Kier alpha value is -2.37. The zero-order valence-electron chi connectivity index (χ0n) is 12.9. The average Bonchev–Trinajstić information content (AvgIpc) is 3.02. The van der Waals surface area contributed by atoms with E-state index in [2.05, 4.69) is 26.9 Å². The number of nitrogens with two attached hydrogens (primary N) is 1. The van der Waals surface area contributed by atoms with Crippen LogP contribution in [0.1, 0.15) is 25.6 Å². The van der Waals surface area contributed by atoms with Crippen molar-refractivity contribution >= 4 is 5.96 Å². The van der Waals surface area contributed by atoms with Crippen LogP contribution in [0, 0.1) is 5.92 Å². The topological polar surface area (TPSA) is 72.3 Å². The van der Waals surface area contributed by atoms with Crippen LogP contribution in [0.2, 0.25) is 0 Å². The molecule has 0 unspecified atom stereocenters. The summed E-state index contributed by atoms with van der Waals surface area (Å²) >= 11 is 0. The minimum atomic E-state index is 0.437. The van der Waals surface area contributed by atoms with Gasteiger partial charge < -0.3 is 10.6 Å². The van der Waals surface area contributed by atoms with Crippen LogP contribution < -0.4 is 5.73 Å². The van der Waals surface area contributed by atoms with Gasteiger partial charge in [0.2, 0.25) is 0 Å². The molecule has 0 radical (unpaired) electrons. The number of likely N-dealkylation sites (tertiary alicyclic amines) is 1. The fourth-order valence-corrected chi connectivity index (χ4v) is 2.65. The Morgan fingerprint density at radius 2 is 2.00 bits per heavy atom. The number of hydrogen-bond acceptors (Lipinski definition) is 3. The Morgan fingerprint density at radius 1 is 1.27 bits per heavy atom. The number of hydrogen-bond donors (Lipinski definition) is 1. The highest BCUT2D eigenvalue weighted by molar-refractivity contribution is 5.78. The number of guanidine groups is 1. The molecule has 0 aliphatic carbocycles. The first kappa shape index (κ1) is 14.6. The van der Waals surface area contributed by atoms with Crippen LogP contribution in [-0.4, -0.2) is 38.7 Å². The summed E-state index contributed by atoms with van der Waals surface area (Å²) in [5.41, 5.74) is 7.10. The van der Waals surface area contributed by atoms with Crippen molar-refractivity contribution < 1.29 is 0 Å². The van der Waals surface area contributed by atoms with Gasteiger partial charge in [0.25, 0.3) is 0 Å². The second-order valence-corrected chi connectivity index (χ2v) is 5.77. The summed E-state index contributed by atoms with van der Waals surface area (Å²) in [6.45, 7) is 4.70. The largest absolute Gasteiger partial charge is 0.370 e. The van der Waals surface area contributed by atoms with Crippen molar-refractivity contribution in [3.05, 3.63) is 42.5 Å². The third kappa shape index (κ3) is 3.27. The molecular formula is C16H22N6. The Balaban J connectivity index is 1.69. The third-order valence-corrected chi connectivity index (χ3v) is 4.11. The quantitative estimate of drug-likeness (QED) is 0.693. The lowest BCUT2D eigenvalue weighted by atomic mass is 10.00. The molecule has 22 heavy (non-hydrogen) atoms. The van der Waals surface area contributed by atoms with Crippen LogP contribution in [-0.2, 0) is 6.54 Å². The van der Waals surface area contributed by atoms with Gasteiger partial charge in [0.15, 0.2) is 11.8 Å². The maximum Gasteiger partial charge on any atom is 0.191 e. The molecule has 0 saturated carbocycles. The Morgan fingerprint density at radius 3 is 2.73 bits per heavy atom. The van der Waals surface area contributed by atoms with E-state index >= 15 is 0 Å². The van der Waals surface area contributed by atoms with Crippen molar-refractivity contribution in [2.45, 2.75) is 26.3 Å². The predicted octanol–water partition coefficient (Wildman–Crippen LogP) is 1.81. The Kier molecular flexibility index (Phi) is 4.37. The SMILES string of the molecule is CC1CCN(C(N)=NCc2ncnn2-c2ccccc2)CC1. The molecule has 2 heterocycles. The van der Waals surface area contributed by atoms with Crippen molar-refractivity contribution in [1.29, 1.82) is 0 Å². The standard InChI is InChI=1S/C16H22N6/c1-13-7-9-21(10-8-13)16(17)18-11-15-19-12-20-22(15)14-5-3-2-4-6-14/h2-6,12-13H,7-11H2,1H3,(H2,17,18). The van der Waals surface area contributed by atoms with E-state index < -0.39 is 0 Å². The summed E-state index contributed by atoms with van der Waals surface area (Å²) < 4.78 is 1.80. The second-order valence-electron chi connectivity index (χ2n) is 5.77. The molecule has 1 aliphatic heterocycles. The lowest BCUT2D eigenvalue weighted by Crippen LogP contribution is -2.42. The first-order valence-corrected chi connectivity index (χ1v) is 7.73. The molecule has 6 nitrogen and oxygen atoms in total. The molecule has 6 heteroatoms. The number of aromatic nitrogens is 3. The van der Waals surface area contributed by atoms with Gasteiger partial charge in [-0.1, -0.05) is 25.1 Å². The van der Waals surface area contributed by atoms with E-state index in [9.17, 15) is 0 Å². The molecule has 1 aromatic carbocycles. The fourth-order valence-electron chi connectivity index (χ4n) is 2.65. The summed E-state index contributed by atoms with van der Waals surface area (Å²) in [6, 6.07) is 9.93. The fraction of sp³-hybridized carbons (Fsp3) is 0.438. The number of para-hydroxylation sites is 1. The highest BCUT2D eigenvalue weighted by atomic mass is 15.3. The molecule has 1 fully saturated rings. The van der Waals surface area contributed by atoms with Gasteiger partial charge in [0.1, 0.15) is 12.9 Å². The van der Waals surface area contributed by atoms with Crippen molar-refractivity contribution in [3.63, 3.8) is 0 Å². The van der Waals surface area contributed by atoms with Crippen molar-refractivity contribution in [2.24, 2.45) is 16.6 Å². The zero-order chi connectivity index (χ0) is 15.4. The van der Waals surface area contributed by atoms with Gasteiger partial charge in [-0.3, -0.25) is 0 Å². The summed E-state index contributed by atoms with van der Waals surface area (Å²) in [6.07, 6.45) is 3.91.